The number of carbonyl (C=O) groups is 1. The molecule has 0 radical (unpaired) electrons. The lowest BCUT2D eigenvalue weighted by atomic mass is 10.1. The molecule has 2 heterocycles. The van der Waals surface area contributed by atoms with Crippen LogP contribution in [0.2, 0.25) is 0 Å². The summed E-state index contributed by atoms with van der Waals surface area (Å²) in [5, 5.41) is 12.7. The molecule has 0 aliphatic heterocycles. The molecule has 0 saturated heterocycles. The van der Waals surface area contributed by atoms with E-state index in [4.69, 9.17) is 0 Å². The minimum Gasteiger partial charge on any atom is -0.326 e. The van der Waals surface area contributed by atoms with E-state index in [0.717, 1.165) is 33.6 Å². The maximum absolute atomic E-state index is 13.0. The first kappa shape index (κ1) is 20.5. The maximum atomic E-state index is 13.0. The number of fused-ring (bicyclic) bond motifs is 1. The van der Waals surface area contributed by atoms with Crippen LogP contribution in [0, 0.1) is 27.7 Å². The van der Waals surface area contributed by atoms with E-state index in [1.807, 2.05) is 76.2 Å². The average Bonchev–Trinajstić information content (AvgIpc) is 3.10. The number of aromatic nitrogens is 4. The Balaban J connectivity index is 1.59. The second kappa shape index (κ2) is 8.18. The predicted octanol–water partition coefficient (Wildman–Crippen LogP) is 3.84. The van der Waals surface area contributed by atoms with Gasteiger partial charge in [0.25, 0.3) is 5.56 Å². The highest BCUT2D eigenvalue weighted by molar-refractivity contribution is 5.91. The lowest BCUT2D eigenvalue weighted by molar-refractivity contribution is -0.116. The van der Waals surface area contributed by atoms with Crippen LogP contribution in [0.15, 0.2) is 53.3 Å². The number of anilines is 1. The number of rotatable bonds is 5. The molecule has 31 heavy (non-hydrogen) atoms. The van der Waals surface area contributed by atoms with Crippen LogP contribution >= 0.6 is 0 Å². The summed E-state index contributed by atoms with van der Waals surface area (Å²) in [6.07, 6.45) is 0.142. The second-order valence-electron chi connectivity index (χ2n) is 7.79. The van der Waals surface area contributed by atoms with Gasteiger partial charge in [0.2, 0.25) is 5.91 Å². The first-order valence-corrected chi connectivity index (χ1v) is 10.2. The highest BCUT2D eigenvalue weighted by Crippen LogP contribution is 2.21. The first-order chi connectivity index (χ1) is 14.8. The highest BCUT2D eigenvalue weighted by Gasteiger charge is 2.18. The number of carbonyl (C=O) groups excluding carboxylic acids is 1. The van der Waals surface area contributed by atoms with Crippen molar-refractivity contribution >= 4 is 22.5 Å². The summed E-state index contributed by atoms with van der Waals surface area (Å²) < 4.78 is 3.10. The number of aryl methyl sites for hydroxylation is 5. The summed E-state index contributed by atoms with van der Waals surface area (Å²) in [6, 6.07) is 15.5. The number of para-hydroxylation sites is 1. The fourth-order valence-electron chi connectivity index (χ4n) is 3.83. The molecule has 0 spiro atoms. The van der Waals surface area contributed by atoms with Crippen molar-refractivity contribution in [2.24, 2.45) is 0 Å². The van der Waals surface area contributed by atoms with Gasteiger partial charge in [0.05, 0.1) is 29.0 Å². The highest BCUT2D eigenvalue weighted by atomic mass is 16.2. The molecule has 4 rings (SSSR count). The van der Waals surface area contributed by atoms with Crippen molar-refractivity contribution in [3.63, 3.8) is 0 Å². The van der Waals surface area contributed by atoms with Gasteiger partial charge >= 0.3 is 0 Å². The molecule has 0 unspecified atom stereocenters. The molecule has 158 valence electrons. The summed E-state index contributed by atoms with van der Waals surface area (Å²) in [6.45, 7) is 7.94. The predicted molar refractivity (Wildman–Crippen MR) is 122 cm³/mol. The number of hydrogen-bond donors (Lipinski definition) is 1. The van der Waals surface area contributed by atoms with Crippen LogP contribution in [0.4, 0.5) is 5.69 Å². The van der Waals surface area contributed by atoms with E-state index in [1.54, 1.807) is 4.68 Å². The molecule has 7 heteroatoms. The minimum atomic E-state index is -0.294. The molecular weight excluding hydrogens is 390 g/mol. The van der Waals surface area contributed by atoms with Gasteiger partial charge in [0.1, 0.15) is 0 Å². The van der Waals surface area contributed by atoms with Crippen molar-refractivity contribution in [1.82, 2.24) is 19.6 Å². The van der Waals surface area contributed by atoms with Gasteiger partial charge in [-0.05, 0) is 51.5 Å². The Kier molecular flexibility index (Phi) is 5.42. The molecule has 0 saturated carbocycles. The van der Waals surface area contributed by atoms with Crippen LogP contribution in [-0.4, -0.2) is 25.5 Å². The largest absolute Gasteiger partial charge is 0.326 e. The topological polar surface area (TPSA) is 81.8 Å². The maximum Gasteiger partial charge on any atom is 0.295 e. The van der Waals surface area contributed by atoms with Gasteiger partial charge in [-0.15, -0.1) is 0 Å². The Bertz CT molecular complexity index is 1340. The molecule has 0 bridgehead atoms. The van der Waals surface area contributed by atoms with Gasteiger partial charge < -0.3 is 5.32 Å². The molecular formula is C24H25N5O2. The standard InChI is InChI=1S/C24H25N5O2/c1-15-10-11-20(16(2)14-15)25-21(30)12-13-28-24(31)23-22(17(3)26-28)18(4)29(27-23)19-8-6-5-7-9-19/h5-11,14H,12-13H2,1-4H3,(H,25,30). The van der Waals surface area contributed by atoms with Crippen molar-refractivity contribution in [2.75, 3.05) is 5.32 Å². The Morgan fingerprint density at radius 3 is 2.45 bits per heavy atom. The number of amides is 1. The van der Waals surface area contributed by atoms with E-state index in [0.29, 0.717) is 11.2 Å². The molecule has 2 aromatic carbocycles. The quantitative estimate of drug-likeness (QED) is 0.537. The summed E-state index contributed by atoms with van der Waals surface area (Å²) in [5.74, 6) is -0.163. The fraction of sp³-hybridized carbons (Fsp3) is 0.250. The zero-order chi connectivity index (χ0) is 22.1. The van der Waals surface area contributed by atoms with Gasteiger partial charge in [0, 0.05) is 12.1 Å². The molecule has 0 aliphatic carbocycles. The monoisotopic (exact) mass is 415 g/mol. The Morgan fingerprint density at radius 1 is 1.00 bits per heavy atom. The van der Waals surface area contributed by atoms with Crippen molar-refractivity contribution in [1.29, 1.82) is 0 Å². The normalized spacial score (nSPS) is 11.1. The van der Waals surface area contributed by atoms with Crippen LogP contribution in [0.1, 0.15) is 28.9 Å². The van der Waals surface area contributed by atoms with Crippen LogP contribution in [0.5, 0.6) is 0 Å². The second-order valence-corrected chi connectivity index (χ2v) is 7.79. The average molecular weight is 415 g/mol. The Morgan fingerprint density at radius 2 is 1.74 bits per heavy atom. The molecule has 0 fully saturated rings. The summed E-state index contributed by atoms with van der Waals surface area (Å²) in [7, 11) is 0. The van der Waals surface area contributed by atoms with E-state index in [9.17, 15) is 9.59 Å². The van der Waals surface area contributed by atoms with E-state index >= 15 is 0 Å². The van der Waals surface area contributed by atoms with Crippen LogP contribution < -0.4 is 10.9 Å². The van der Waals surface area contributed by atoms with Crippen molar-refractivity contribution in [3.05, 3.63) is 81.4 Å². The number of benzene rings is 2. The van der Waals surface area contributed by atoms with Crippen LogP contribution in [0.3, 0.4) is 0 Å². The molecule has 1 N–H and O–H groups in total. The van der Waals surface area contributed by atoms with E-state index in [1.165, 1.54) is 4.68 Å². The van der Waals surface area contributed by atoms with Crippen molar-refractivity contribution in [3.8, 4) is 5.69 Å². The summed E-state index contributed by atoms with van der Waals surface area (Å²) in [4.78, 5) is 25.5. The molecule has 1 amide bonds. The molecule has 7 nitrogen and oxygen atoms in total. The SMILES string of the molecule is Cc1ccc(NC(=O)CCn2nc(C)c3c(C)n(-c4ccccc4)nc3c2=O)c(C)c1. The van der Waals surface area contributed by atoms with Gasteiger partial charge in [-0.3, -0.25) is 9.59 Å². The van der Waals surface area contributed by atoms with Gasteiger partial charge in [-0.25, -0.2) is 9.36 Å². The molecule has 0 atom stereocenters. The zero-order valence-electron chi connectivity index (χ0n) is 18.1. The lowest BCUT2D eigenvalue weighted by Gasteiger charge is -2.10. The molecule has 2 aromatic heterocycles. The van der Waals surface area contributed by atoms with E-state index in [2.05, 4.69) is 15.5 Å². The Hall–Kier alpha value is -3.74. The minimum absolute atomic E-state index is 0.142. The number of nitrogens with zero attached hydrogens (tertiary/aromatic N) is 4. The smallest absolute Gasteiger partial charge is 0.295 e. The van der Waals surface area contributed by atoms with Crippen molar-refractivity contribution < 1.29 is 4.79 Å². The van der Waals surface area contributed by atoms with Gasteiger partial charge in [-0.2, -0.15) is 10.2 Å². The lowest BCUT2D eigenvalue weighted by Crippen LogP contribution is -2.26. The third-order valence-corrected chi connectivity index (χ3v) is 5.39. The molecule has 0 aliphatic rings. The van der Waals surface area contributed by atoms with E-state index in [-0.39, 0.29) is 24.4 Å². The fourth-order valence-corrected chi connectivity index (χ4v) is 3.83. The van der Waals surface area contributed by atoms with Crippen LogP contribution in [0.25, 0.3) is 16.6 Å². The number of nitrogens with one attached hydrogen (secondary N) is 1. The third-order valence-electron chi connectivity index (χ3n) is 5.39. The van der Waals surface area contributed by atoms with Gasteiger partial charge in [-0.1, -0.05) is 35.9 Å². The Labute approximate surface area is 180 Å². The first-order valence-electron chi connectivity index (χ1n) is 10.2. The van der Waals surface area contributed by atoms with Crippen molar-refractivity contribution in [2.45, 2.75) is 40.7 Å². The van der Waals surface area contributed by atoms with E-state index < -0.39 is 0 Å². The number of hydrogen-bond acceptors (Lipinski definition) is 4. The zero-order valence-corrected chi connectivity index (χ0v) is 18.1. The van der Waals surface area contributed by atoms with Gasteiger partial charge in [0.15, 0.2) is 5.52 Å². The third kappa shape index (κ3) is 3.99. The summed E-state index contributed by atoms with van der Waals surface area (Å²) in [5.41, 5.74) is 5.45. The molecule has 4 aromatic rings. The summed E-state index contributed by atoms with van der Waals surface area (Å²) >= 11 is 0. The van der Waals surface area contributed by atoms with Crippen LogP contribution in [-0.2, 0) is 11.3 Å².